The number of hydrogen-bond acceptors (Lipinski definition) is 6. The van der Waals surface area contributed by atoms with Gasteiger partial charge in [-0.3, -0.25) is 14.4 Å². The summed E-state index contributed by atoms with van der Waals surface area (Å²) in [5.41, 5.74) is 1.59. The maximum absolute atomic E-state index is 12.6. The molecule has 3 aliphatic heterocycles. The quantitative estimate of drug-likeness (QED) is 0.693. The molecule has 0 spiro atoms. The summed E-state index contributed by atoms with van der Waals surface area (Å²) < 4.78 is 22.9. The predicted molar refractivity (Wildman–Crippen MR) is 104 cm³/mol. The molecule has 1 aromatic rings. The molecule has 0 bridgehead atoms. The third-order valence-electron chi connectivity index (χ3n) is 5.24. The number of thioether (sulfide) groups is 1. The SMILES string of the molecule is O=C(CCNC(=O)[C@@H]1CS[C@@H]2c3ccccc3C(=O)N21)N[C@@H]1CCS(=O)(=O)C1. The normalized spacial score (nSPS) is 27.4. The van der Waals surface area contributed by atoms with Crippen molar-refractivity contribution in [2.45, 2.75) is 30.3 Å². The van der Waals surface area contributed by atoms with E-state index in [-0.39, 0.29) is 53.6 Å². The van der Waals surface area contributed by atoms with E-state index in [0.29, 0.717) is 17.7 Å². The number of benzene rings is 1. The van der Waals surface area contributed by atoms with Crippen LogP contribution in [0.2, 0.25) is 0 Å². The zero-order valence-electron chi connectivity index (χ0n) is 15.1. The number of sulfone groups is 1. The summed E-state index contributed by atoms with van der Waals surface area (Å²) in [5.74, 6) is -0.0998. The van der Waals surface area contributed by atoms with Crippen LogP contribution in [0.25, 0.3) is 0 Å². The molecule has 2 N–H and O–H groups in total. The Morgan fingerprint density at radius 3 is 2.79 bits per heavy atom. The molecule has 0 aliphatic carbocycles. The molecule has 4 rings (SSSR count). The molecule has 3 heterocycles. The highest BCUT2D eigenvalue weighted by Gasteiger charge is 2.48. The molecule has 3 amide bonds. The lowest BCUT2D eigenvalue weighted by Crippen LogP contribution is -2.47. The van der Waals surface area contributed by atoms with E-state index in [2.05, 4.69) is 10.6 Å². The molecule has 8 nitrogen and oxygen atoms in total. The highest BCUT2D eigenvalue weighted by Crippen LogP contribution is 2.47. The second kappa shape index (κ2) is 7.40. The van der Waals surface area contributed by atoms with Crippen molar-refractivity contribution < 1.29 is 22.8 Å². The Morgan fingerprint density at radius 2 is 2.04 bits per heavy atom. The Hall–Kier alpha value is -2.07. The van der Waals surface area contributed by atoms with Crippen molar-refractivity contribution in [2.75, 3.05) is 23.8 Å². The van der Waals surface area contributed by atoms with Crippen molar-refractivity contribution in [1.29, 1.82) is 0 Å². The topological polar surface area (TPSA) is 113 Å². The van der Waals surface area contributed by atoms with Crippen LogP contribution in [0.4, 0.5) is 0 Å². The molecule has 28 heavy (non-hydrogen) atoms. The minimum atomic E-state index is -3.05. The lowest BCUT2D eigenvalue weighted by molar-refractivity contribution is -0.125. The molecule has 3 atom stereocenters. The second-order valence-corrected chi connectivity index (χ2v) is 10.6. The van der Waals surface area contributed by atoms with Gasteiger partial charge in [0, 0.05) is 30.3 Å². The summed E-state index contributed by atoms with van der Waals surface area (Å²) in [6.07, 6.45) is 0.499. The molecule has 10 heteroatoms. The smallest absolute Gasteiger partial charge is 0.256 e. The first kappa shape index (κ1) is 19.3. The summed E-state index contributed by atoms with van der Waals surface area (Å²) in [7, 11) is -3.05. The molecule has 150 valence electrons. The van der Waals surface area contributed by atoms with E-state index < -0.39 is 15.9 Å². The number of amides is 3. The summed E-state index contributed by atoms with van der Waals surface area (Å²) in [6, 6.07) is 6.49. The zero-order chi connectivity index (χ0) is 19.9. The van der Waals surface area contributed by atoms with Crippen molar-refractivity contribution in [3.8, 4) is 0 Å². The van der Waals surface area contributed by atoms with Gasteiger partial charge >= 0.3 is 0 Å². The summed E-state index contributed by atoms with van der Waals surface area (Å²) in [4.78, 5) is 38.8. The number of nitrogens with one attached hydrogen (secondary N) is 2. The van der Waals surface area contributed by atoms with E-state index >= 15 is 0 Å². The minimum Gasteiger partial charge on any atom is -0.354 e. The molecule has 2 fully saturated rings. The van der Waals surface area contributed by atoms with E-state index in [9.17, 15) is 22.8 Å². The molecular weight excluding hydrogens is 402 g/mol. The van der Waals surface area contributed by atoms with Gasteiger partial charge in [-0.1, -0.05) is 18.2 Å². The van der Waals surface area contributed by atoms with E-state index in [1.54, 1.807) is 22.7 Å². The average molecular weight is 424 g/mol. The number of carbonyl (C=O) groups is 3. The van der Waals surface area contributed by atoms with Gasteiger partial charge in [0.05, 0.1) is 11.5 Å². The van der Waals surface area contributed by atoms with Crippen molar-refractivity contribution in [1.82, 2.24) is 15.5 Å². The third-order valence-corrected chi connectivity index (χ3v) is 8.32. The van der Waals surface area contributed by atoms with Gasteiger partial charge in [0.15, 0.2) is 9.84 Å². The maximum atomic E-state index is 12.6. The monoisotopic (exact) mass is 423 g/mol. The van der Waals surface area contributed by atoms with Crippen LogP contribution in [-0.2, 0) is 19.4 Å². The lowest BCUT2D eigenvalue weighted by atomic mass is 10.1. The molecule has 1 aromatic carbocycles. The van der Waals surface area contributed by atoms with Gasteiger partial charge in [0.25, 0.3) is 5.91 Å². The van der Waals surface area contributed by atoms with E-state index in [4.69, 9.17) is 0 Å². The van der Waals surface area contributed by atoms with Crippen LogP contribution in [0.3, 0.4) is 0 Å². The maximum Gasteiger partial charge on any atom is 0.256 e. The van der Waals surface area contributed by atoms with Crippen LogP contribution in [0.5, 0.6) is 0 Å². The van der Waals surface area contributed by atoms with Crippen LogP contribution in [0.1, 0.15) is 34.1 Å². The van der Waals surface area contributed by atoms with E-state index in [1.165, 1.54) is 0 Å². The molecular formula is C18H21N3O5S2. The number of fused-ring (bicyclic) bond motifs is 3. The van der Waals surface area contributed by atoms with Crippen molar-refractivity contribution in [3.63, 3.8) is 0 Å². The van der Waals surface area contributed by atoms with Gasteiger partial charge in [0.2, 0.25) is 11.8 Å². The Balaban J connectivity index is 1.27. The van der Waals surface area contributed by atoms with Gasteiger partial charge in [-0.15, -0.1) is 11.8 Å². The fourth-order valence-corrected chi connectivity index (χ4v) is 7.01. The first-order valence-corrected chi connectivity index (χ1v) is 12.0. The summed E-state index contributed by atoms with van der Waals surface area (Å²) in [6.45, 7) is 0.144. The highest BCUT2D eigenvalue weighted by molar-refractivity contribution is 7.99. The van der Waals surface area contributed by atoms with E-state index in [1.807, 2.05) is 18.2 Å². The Kier molecular flexibility index (Phi) is 5.09. The zero-order valence-corrected chi connectivity index (χ0v) is 16.7. The molecule has 0 radical (unpaired) electrons. The number of hydrogen-bond donors (Lipinski definition) is 2. The molecule has 3 aliphatic rings. The van der Waals surface area contributed by atoms with Crippen LogP contribution in [-0.4, -0.2) is 66.9 Å². The number of carbonyl (C=O) groups excluding carboxylic acids is 3. The van der Waals surface area contributed by atoms with Crippen molar-refractivity contribution >= 4 is 39.3 Å². The van der Waals surface area contributed by atoms with Crippen LogP contribution in [0.15, 0.2) is 24.3 Å². The van der Waals surface area contributed by atoms with Crippen LogP contribution >= 0.6 is 11.8 Å². The molecule has 0 aromatic heterocycles. The third kappa shape index (κ3) is 3.62. The Labute approximate surface area is 167 Å². The largest absolute Gasteiger partial charge is 0.354 e. The van der Waals surface area contributed by atoms with Gasteiger partial charge in [0.1, 0.15) is 11.4 Å². The first-order valence-electron chi connectivity index (χ1n) is 9.16. The van der Waals surface area contributed by atoms with Crippen LogP contribution in [0, 0.1) is 0 Å². The molecule has 2 saturated heterocycles. The molecule has 0 unspecified atom stereocenters. The predicted octanol–water partition coefficient (Wildman–Crippen LogP) is 0.0660. The molecule has 0 saturated carbocycles. The second-order valence-electron chi connectivity index (χ2n) is 7.21. The standard InChI is InChI=1S/C18H21N3O5S2/c22-15(20-11-6-8-28(25,26)10-11)5-7-19-16(23)14-9-27-18-13-4-2-1-3-12(13)17(24)21(14)18/h1-4,11,14,18H,5-10H2,(H,19,23)(H,20,22)/t11-,14+,18-/m1/s1. The van der Waals surface area contributed by atoms with Gasteiger partial charge in [-0.25, -0.2) is 8.42 Å². The first-order chi connectivity index (χ1) is 13.4. The fraction of sp³-hybridized carbons (Fsp3) is 0.500. The summed E-state index contributed by atoms with van der Waals surface area (Å²) >= 11 is 1.56. The minimum absolute atomic E-state index is 0.0244. The van der Waals surface area contributed by atoms with Gasteiger partial charge < -0.3 is 15.5 Å². The lowest BCUT2D eigenvalue weighted by Gasteiger charge is -2.22. The van der Waals surface area contributed by atoms with Gasteiger partial charge in [-0.05, 0) is 18.1 Å². The van der Waals surface area contributed by atoms with Gasteiger partial charge in [-0.2, -0.15) is 0 Å². The highest BCUT2D eigenvalue weighted by atomic mass is 32.2. The number of nitrogens with zero attached hydrogens (tertiary/aromatic N) is 1. The van der Waals surface area contributed by atoms with E-state index in [0.717, 1.165) is 5.56 Å². The Bertz CT molecular complexity index is 933. The average Bonchev–Trinajstić information content (AvgIpc) is 3.30. The van der Waals surface area contributed by atoms with Crippen molar-refractivity contribution in [2.24, 2.45) is 0 Å². The fourth-order valence-electron chi connectivity index (χ4n) is 3.87. The summed E-state index contributed by atoms with van der Waals surface area (Å²) in [5, 5.41) is 5.29. The number of rotatable bonds is 5. The Morgan fingerprint density at radius 1 is 1.25 bits per heavy atom. The van der Waals surface area contributed by atoms with Crippen molar-refractivity contribution in [3.05, 3.63) is 35.4 Å². The van der Waals surface area contributed by atoms with Crippen LogP contribution < -0.4 is 10.6 Å².